The molecule has 6 heteroatoms. The smallest absolute Gasteiger partial charge is 0.254 e. The maximum atomic E-state index is 13.7. The van der Waals surface area contributed by atoms with Crippen LogP contribution in [0.25, 0.3) is 0 Å². The van der Waals surface area contributed by atoms with E-state index in [1.165, 1.54) is 30.3 Å². The van der Waals surface area contributed by atoms with Gasteiger partial charge in [0.2, 0.25) is 5.91 Å². The molecular weight excluding hydrogens is 326 g/mol. The average Bonchev–Trinajstić information content (AvgIpc) is 2.58. The van der Waals surface area contributed by atoms with Gasteiger partial charge in [0.25, 0.3) is 5.91 Å². The molecule has 2 amide bonds. The Bertz CT molecular complexity index is 745. The normalized spacial score (nSPS) is 11.9. The lowest BCUT2D eigenvalue weighted by Gasteiger charge is -2.22. The van der Waals surface area contributed by atoms with E-state index in [4.69, 9.17) is 0 Å². The number of carbonyl (C=O) groups is 2. The molecule has 2 rings (SSSR count). The summed E-state index contributed by atoms with van der Waals surface area (Å²) in [6.45, 7) is 3.77. The molecule has 0 aromatic heterocycles. The highest BCUT2D eigenvalue weighted by Crippen LogP contribution is 2.09. The van der Waals surface area contributed by atoms with Crippen molar-refractivity contribution in [1.82, 2.24) is 10.6 Å². The molecule has 4 nitrogen and oxygen atoms in total. The Hall–Kier alpha value is -2.76. The van der Waals surface area contributed by atoms with Crippen molar-refractivity contribution >= 4 is 11.8 Å². The summed E-state index contributed by atoms with van der Waals surface area (Å²) in [5.41, 5.74) is 0.622. The lowest BCUT2D eigenvalue weighted by molar-refractivity contribution is -0.124. The van der Waals surface area contributed by atoms with Crippen LogP contribution in [0.15, 0.2) is 48.5 Å². The highest BCUT2D eigenvalue weighted by molar-refractivity contribution is 5.97. The van der Waals surface area contributed by atoms with E-state index in [1.54, 1.807) is 32.0 Å². The summed E-state index contributed by atoms with van der Waals surface area (Å²) in [5.74, 6) is -2.22. The van der Waals surface area contributed by atoms with Gasteiger partial charge in [0.1, 0.15) is 17.7 Å². The molecule has 0 radical (unpaired) electrons. The van der Waals surface area contributed by atoms with Crippen LogP contribution in [0, 0.1) is 17.6 Å². The zero-order valence-electron chi connectivity index (χ0n) is 14.1. The minimum atomic E-state index is -0.812. The maximum absolute atomic E-state index is 13.7. The highest BCUT2D eigenvalue weighted by atomic mass is 19.1. The van der Waals surface area contributed by atoms with Gasteiger partial charge in [0.05, 0.1) is 5.56 Å². The molecule has 0 bridgehead atoms. The Labute approximate surface area is 145 Å². The van der Waals surface area contributed by atoms with Crippen molar-refractivity contribution in [2.24, 2.45) is 5.92 Å². The number of halogens is 2. The fourth-order valence-corrected chi connectivity index (χ4v) is 2.30. The Kier molecular flexibility index (Phi) is 6.22. The van der Waals surface area contributed by atoms with E-state index >= 15 is 0 Å². The number of benzene rings is 2. The average molecular weight is 346 g/mol. The third-order valence-electron chi connectivity index (χ3n) is 3.73. The predicted octanol–water partition coefficient (Wildman–Crippen LogP) is 3.04. The van der Waals surface area contributed by atoms with Crippen LogP contribution in [-0.2, 0) is 11.3 Å². The molecule has 1 atom stereocenters. The van der Waals surface area contributed by atoms with Gasteiger partial charge in [-0.25, -0.2) is 8.78 Å². The number of carbonyl (C=O) groups excluding carboxylic acids is 2. The fraction of sp³-hybridized carbons (Fsp3) is 0.263. The molecule has 0 aliphatic heterocycles. The van der Waals surface area contributed by atoms with Gasteiger partial charge in [-0.1, -0.05) is 38.1 Å². The van der Waals surface area contributed by atoms with Gasteiger partial charge in [-0.05, 0) is 35.7 Å². The van der Waals surface area contributed by atoms with Crippen LogP contribution in [0.1, 0.15) is 29.8 Å². The Morgan fingerprint density at radius 1 is 1.00 bits per heavy atom. The minimum absolute atomic E-state index is 0.112. The largest absolute Gasteiger partial charge is 0.350 e. The summed E-state index contributed by atoms with van der Waals surface area (Å²) in [6, 6.07) is 10.5. The SMILES string of the molecule is CC(C)[C@H](NC(=O)c1ccccc1F)C(=O)NCc1ccc(F)cc1. The summed E-state index contributed by atoms with van der Waals surface area (Å²) in [5, 5.41) is 5.27. The van der Waals surface area contributed by atoms with Crippen molar-refractivity contribution in [3.63, 3.8) is 0 Å². The first-order valence-corrected chi connectivity index (χ1v) is 7.96. The van der Waals surface area contributed by atoms with Crippen LogP contribution in [0.3, 0.4) is 0 Å². The molecule has 0 saturated heterocycles. The minimum Gasteiger partial charge on any atom is -0.350 e. The van der Waals surface area contributed by atoms with Crippen LogP contribution in [0.4, 0.5) is 8.78 Å². The molecule has 0 spiro atoms. The molecule has 0 saturated carbocycles. The number of hydrogen-bond acceptors (Lipinski definition) is 2. The van der Waals surface area contributed by atoms with Gasteiger partial charge in [0.15, 0.2) is 0 Å². The second kappa shape index (κ2) is 8.37. The molecule has 0 unspecified atom stereocenters. The number of nitrogens with one attached hydrogen (secondary N) is 2. The lowest BCUT2D eigenvalue weighted by Crippen LogP contribution is -2.49. The van der Waals surface area contributed by atoms with E-state index in [0.29, 0.717) is 0 Å². The molecule has 0 aliphatic carbocycles. The van der Waals surface area contributed by atoms with Gasteiger partial charge < -0.3 is 10.6 Å². The molecule has 25 heavy (non-hydrogen) atoms. The second-order valence-electron chi connectivity index (χ2n) is 6.02. The van der Waals surface area contributed by atoms with Crippen molar-refractivity contribution in [2.75, 3.05) is 0 Å². The summed E-state index contributed by atoms with van der Waals surface area (Å²) >= 11 is 0. The first kappa shape index (κ1) is 18.6. The van der Waals surface area contributed by atoms with Crippen molar-refractivity contribution in [3.05, 3.63) is 71.3 Å². The third kappa shape index (κ3) is 5.11. The molecule has 0 aliphatic rings. The number of hydrogen-bond donors (Lipinski definition) is 2. The zero-order chi connectivity index (χ0) is 18.4. The van der Waals surface area contributed by atoms with Crippen LogP contribution in [-0.4, -0.2) is 17.9 Å². The van der Waals surface area contributed by atoms with Crippen molar-refractivity contribution in [1.29, 1.82) is 0 Å². The summed E-state index contributed by atoms with van der Waals surface area (Å²) < 4.78 is 26.6. The first-order valence-electron chi connectivity index (χ1n) is 7.96. The molecule has 2 aromatic carbocycles. The predicted molar refractivity (Wildman–Crippen MR) is 90.7 cm³/mol. The van der Waals surface area contributed by atoms with Crippen LogP contribution < -0.4 is 10.6 Å². The van der Waals surface area contributed by atoms with Gasteiger partial charge in [-0.15, -0.1) is 0 Å². The molecule has 0 fully saturated rings. The highest BCUT2D eigenvalue weighted by Gasteiger charge is 2.25. The first-order chi connectivity index (χ1) is 11.9. The summed E-state index contributed by atoms with van der Waals surface area (Å²) in [4.78, 5) is 24.6. The van der Waals surface area contributed by atoms with Gasteiger partial charge in [0, 0.05) is 6.54 Å². The lowest BCUT2D eigenvalue weighted by atomic mass is 10.0. The quantitative estimate of drug-likeness (QED) is 0.845. The zero-order valence-corrected chi connectivity index (χ0v) is 14.1. The van der Waals surface area contributed by atoms with E-state index in [9.17, 15) is 18.4 Å². The van der Waals surface area contributed by atoms with E-state index in [1.807, 2.05) is 0 Å². The number of amides is 2. The Balaban J connectivity index is 2.01. The van der Waals surface area contributed by atoms with Crippen LogP contribution >= 0.6 is 0 Å². The summed E-state index contributed by atoms with van der Waals surface area (Å²) in [7, 11) is 0. The van der Waals surface area contributed by atoms with Gasteiger partial charge in [-0.3, -0.25) is 9.59 Å². The molecule has 0 heterocycles. The molecular formula is C19H20F2N2O2. The van der Waals surface area contributed by atoms with E-state index < -0.39 is 17.8 Å². The van der Waals surface area contributed by atoms with Crippen LogP contribution in [0.2, 0.25) is 0 Å². The summed E-state index contributed by atoms with van der Waals surface area (Å²) in [6.07, 6.45) is 0. The van der Waals surface area contributed by atoms with E-state index in [0.717, 1.165) is 5.56 Å². The van der Waals surface area contributed by atoms with E-state index in [-0.39, 0.29) is 29.8 Å². The Morgan fingerprint density at radius 3 is 2.24 bits per heavy atom. The molecule has 132 valence electrons. The second-order valence-corrected chi connectivity index (χ2v) is 6.02. The van der Waals surface area contributed by atoms with Crippen LogP contribution in [0.5, 0.6) is 0 Å². The topological polar surface area (TPSA) is 58.2 Å². The Morgan fingerprint density at radius 2 is 1.64 bits per heavy atom. The molecule has 2 aromatic rings. The van der Waals surface area contributed by atoms with Crippen molar-refractivity contribution in [3.8, 4) is 0 Å². The van der Waals surface area contributed by atoms with E-state index in [2.05, 4.69) is 10.6 Å². The van der Waals surface area contributed by atoms with Gasteiger partial charge >= 0.3 is 0 Å². The fourth-order valence-electron chi connectivity index (χ4n) is 2.30. The van der Waals surface area contributed by atoms with Gasteiger partial charge in [-0.2, -0.15) is 0 Å². The van der Waals surface area contributed by atoms with Crippen molar-refractivity contribution in [2.45, 2.75) is 26.4 Å². The standard InChI is InChI=1S/C19H20F2N2O2/c1-12(2)17(23-18(24)15-5-3-4-6-16(15)21)19(25)22-11-13-7-9-14(20)10-8-13/h3-10,12,17H,11H2,1-2H3,(H,22,25)(H,23,24)/t17-/m0/s1. The third-order valence-corrected chi connectivity index (χ3v) is 3.73. The van der Waals surface area contributed by atoms with Crippen molar-refractivity contribution < 1.29 is 18.4 Å². The monoisotopic (exact) mass is 346 g/mol. The number of rotatable bonds is 6. The maximum Gasteiger partial charge on any atom is 0.254 e. The molecule has 2 N–H and O–H groups in total.